The molecule has 8 heteroatoms. The molecule has 0 bridgehead atoms. The first-order chi connectivity index (χ1) is 8.54. The van der Waals surface area contributed by atoms with Crippen LogP contribution in [0.3, 0.4) is 0 Å². The predicted molar refractivity (Wildman–Crippen MR) is 71.9 cm³/mol. The van der Waals surface area contributed by atoms with Crippen LogP contribution in [-0.2, 0) is 16.6 Å². The second kappa shape index (κ2) is 5.60. The molecule has 1 unspecified atom stereocenters. The Balaban J connectivity index is 2.21. The molecule has 2 heterocycles. The van der Waals surface area contributed by atoms with E-state index in [2.05, 4.69) is 14.9 Å². The second-order valence-corrected chi connectivity index (χ2v) is 7.16. The van der Waals surface area contributed by atoms with Crippen LogP contribution in [0.15, 0.2) is 4.90 Å². The number of hydrogen-bond donors (Lipinski definition) is 3. The maximum atomic E-state index is 12.3. The minimum Gasteiger partial charge on any atom is -0.325 e. The van der Waals surface area contributed by atoms with Crippen LogP contribution in [0.4, 0.5) is 0 Å². The van der Waals surface area contributed by atoms with Crippen LogP contribution in [0, 0.1) is 6.92 Å². The van der Waals surface area contributed by atoms with Gasteiger partial charge in [0.2, 0.25) is 10.0 Å². The van der Waals surface area contributed by atoms with Crippen molar-refractivity contribution in [3.05, 3.63) is 11.4 Å². The zero-order valence-corrected chi connectivity index (χ0v) is 11.9. The number of nitrogens with two attached hydrogens (primary N) is 1. The van der Waals surface area contributed by atoms with Crippen molar-refractivity contribution in [1.82, 2.24) is 14.9 Å². The first kappa shape index (κ1) is 13.9. The lowest BCUT2D eigenvalue weighted by Crippen LogP contribution is -2.38. The van der Waals surface area contributed by atoms with Gasteiger partial charge in [-0.15, -0.1) is 0 Å². The quantitative estimate of drug-likeness (QED) is 0.743. The number of aromatic amines is 1. The first-order valence-electron chi connectivity index (χ1n) is 5.88. The van der Waals surface area contributed by atoms with E-state index in [4.69, 9.17) is 5.73 Å². The number of nitrogens with one attached hydrogen (secondary N) is 2. The lowest BCUT2D eigenvalue weighted by atomic mass is 10.2. The molecule has 102 valence electrons. The Morgan fingerprint density at radius 3 is 3.00 bits per heavy atom. The Labute approximate surface area is 111 Å². The summed E-state index contributed by atoms with van der Waals surface area (Å²) in [6.45, 7) is 1.80. The van der Waals surface area contributed by atoms with Crippen LogP contribution in [0.1, 0.15) is 24.2 Å². The van der Waals surface area contributed by atoms with Crippen LogP contribution in [0.25, 0.3) is 0 Å². The number of H-pyrrole nitrogens is 1. The van der Waals surface area contributed by atoms with Crippen molar-refractivity contribution < 1.29 is 8.42 Å². The van der Waals surface area contributed by atoms with Gasteiger partial charge in [-0.3, -0.25) is 5.10 Å². The third kappa shape index (κ3) is 2.87. The number of thioether (sulfide) groups is 1. The van der Waals surface area contributed by atoms with Crippen molar-refractivity contribution in [3.8, 4) is 0 Å². The van der Waals surface area contributed by atoms with Crippen molar-refractivity contribution in [3.63, 3.8) is 0 Å². The number of hydrogen-bond acceptors (Lipinski definition) is 5. The van der Waals surface area contributed by atoms with Gasteiger partial charge < -0.3 is 5.73 Å². The molecule has 18 heavy (non-hydrogen) atoms. The molecule has 1 atom stereocenters. The Bertz CT molecular complexity index is 506. The summed E-state index contributed by atoms with van der Waals surface area (Å²) in [7, 11) is -3.53. The highest BCUT2D eigenvalue weighted by molar-refractivity contribution is 7.99. The van der Waals surface area contributed by atoms with E-state index < -0.39 is 10.0 Å². The van der Waals surface area contributed by atoms with Gasteiger partial charge in [0.1, 0.15) is 4.90 Å². The Morgan fingerprint density at radius 1 is 1.61 bits per heavy atom. The van der Waals surface area contributed by atoms with Crippen molar-refractivity contribution in [1.29, 1.82) is 0 Å². The van der Waals surface area contributed by atoms with Gasteiger partial charge >= 0.3 is 0 Å². The summed E-state index contributed by atoms with van der Waals surface area (Å²) in [5.74, 6) is 1.94. The van der Waals surface area contributed by atoms with Crippen molar-refractivity contribution in [2.45, 2.75) is 37.2 Å². The van der Waals surface area contributed by atoms with Crippen LogP contribution in [0.2, 0.25) is 0 Å². The van der Waals surface area contributed by atoms with Gasteiger partial charge in [0.05, 0.1) is 11.4 Å². The maximum Gasteiger partial charge on any atom is 0.244 e. The number of nitrogens with zero attached hydrogens (tertiary/aromatic N) is 1. The smallest absolute Gasteiger partial charge is 0.244 e. The third-order valence-electron chi connectivity index (χ3n) is 2.91. The molecule has 1 saturated heterocycles. The summed E-state index contributed by atoms with van der Waals surface area (Å²) in [5.41, 5.74) is 6.44. The molecule has 0 aliphatic carbocycles. The monoisotopic (exact) mass is 290 g/mol. The van der Waals surface area contributed by atoms with Gasteiger partial charge in [-0.25, -0.2) is 13.1 Å². The summed E-state index contributed by atoms with van der Waals surface area (Å²) in [6.07, 6.45) is 1.94. The molecule has 4 N–H and O–H groups in total. The fourth-order valence-corrected chi connectivity index (χ4v) is 4.90. The van der Waals surface area contributed by atoms with E-state index in [0.29, 0.717) is 11.4 Å². The van der Waals surface area contributed by atoms with Crippen LogP contribution in [-0.4, -0.2) is 36.2 Å². The lowest BCUT2D eigenvalue weighted by molar-refractivity contribution is 0.542. The topological polar surface area (TPSA) is 101 Å². The molecular weight excluding hydrogens is 272 g/mol. The molecular formula is C10H18N4O2S2. The van der Waals surface area contributed by atoms with E-state index in [1.807, 2.05) is 0 Å². The number of rotatable bonds is 4. The van der Waals surface area contributed by atoms with E-state index in [1.54, 1.807) is 18.7 Å². The molecule has 1 aromatic rings. The molecule has 6 nitrogen and oxygen atoms in total. The number of sulfonamides is 1. The Kier molecular flexibility index (Phi) is 4.31. The van der Waals surface area contributed by atoms with Crippen molar-refractivity contribution in [2.75, 3.05) is 11.5 Å². The molecule has 0 saturated carbocycles. The fraction of sp³-hybridized carbons (Fsp3) is 0.700. The average molecular weight is 290 g/mol. The van der Waals surface area contributed by atoms with E-state index in [0.717, 1.165) is 24.3 Å². The van der Waals surface area contributed by atoms with Crippen LogP contribution < -0.4 is 10.5 Å². The zero-order chi connectivity index (χ0) is 13.2. The molecule has 1 aliphatic heterocycles. The highest BCUT2D eigenvalue weighted by Gasteiger charge is 2.27. The zero-order valence-electron chi connectivity index (χ0n) is 10.3. The summed E-state index contributed by atoms with van der Waals surface area (Å²) in [6, 6.07) is 0.00803. The minimum atomic E-state index is -3.53. The second-order valence-electron chi connectivity index (χ2n) is 4.36. The molecule has 1 aliphatic rings. The van der Waals surface area contributed by atoms with Gasteiger partial charge in [-0.1, -0.05) is 0 Å². The van der Waals surface area contributed by atoms with Gasteiger partial charge in [0, 0.05) is 18.3 Å². The largest absolute Gasteiger partial charge is 0.325 e. The number of aryl methyl sites for hydroxylation is 1. The molecule has 1 aromatic heterocycles. The fourth-order valence-electron chi connectivity index (χ4n) is 2.08. The van der Waals surface area contributed by atoms with Gasteiger partial charge in [0.15, 0.2) is 0 Å². The van der Waals surface area contributed by atoms with Gasteiger partial charge in [-0.05, 0) is 25.5 Å². The normalized spacial score (nSPS) is 21.1. The summed E-state index contributed by atoms with van der Waals surface area (Å²) >= 11 is 1.78. The highest BCUT2D eigenvalue weighted by Crippen LogP contribution is 2.21. The molecule has 1 fully saturated rings. The molecule has 2 rings (SSSR count). The standard InChI is InChI=1S/C10H18N4O2S2/c1-7-10(9(5-11)13-12-7)18(15,16)14-8-3-2-4-17-6-8/h8,14H,2-6,11H2,1H3,(H,12,13). The third-order valence-corrected chi connectivity index (χ3v) is 5.84. The van der Waals surface area contributed by atoms with Crippen LogP contribution >= 0.6 is 11.8 Å². The predicted octanol–water partition coefficient (Wildman–Crippen LogP) is 0.351. The summed E-state index contributed by atoms with van der Waals surface area (Å²) in [5, 5.41) is 6.60. The summed E-state index contributed by atoms with van der Waals surface area (Å²) in [4.78, 5) is 0.209. The lowest BCUT2D eigenvalue weighted by Gasteiger charge is -2.22. The molecule has 0 aromatic carbocycles. The average Bonchev–Trinajstić information content (AvgIpc) is 2.72. The van der Waals surface area contributed by atoms with E-state index in [1.165, 1.54) is 0 Å². The van der Waals surface area contributed by atoms with E-state index in [-0.39, 0.29) is 17.5 Å². The first-order valence-corrected chi connectivity index (χ1v) is 8.52. The van der Waals surface area contributed by atoms with Crippen LogP contribution in [0.5, 0.6) is 0 Å². The molecule has 0 spiro atoms. The van der Waals surface area contributed by atoms with E-state index in [9.17, 15) is 8.42 Å². The minimum absolute atomic E-state index is 0.00803. The highest BCUT2D eigenvalue weighted by atomic mass is 32.2. The number of aromatic nitrogens is 2. The van der Waals surface area contributed by atoms with E-state index >= 15 is 0 Å². The van der Waals surface area contributed by atoms with Crippen molar-refractivity contribution >= 4 is 21.8 Å². The molecule has 0 amide bonds. The SMILES string of the molecule is Cc1[nH]nc(CN)c1S(=O)(=O)NC1CCCSC1. The Hall–Kier alpha value is -0.570. The summed E-state index contributed by atoms with van der Waals surface area (Å²) < 4.78 is 27.4. The Morgan fingerprint density at radius 2 is 2.39 bits per heavy atom. The van der Waals surface area contributed by atoms with Gasteiger partial charge in [-0.2, -0.15) is 16.9 Å². The van der Waals surface area contributed by atoms with Gasteiger partial charge in [0.25, 0.3) is 0 Å². The van der Waals surface area contributed by atoms with Crippen molar-refractivity contribution in [2.24, 2.45) is 5.73 Å². The molecule has 0 radical (unpaired) electrons. The maximum absolute atomic E-state index is 12.3.